The maximum absolute atomic E-state index is 12.8. The minimum Gasteiger partial charge on any atom is -0.462 e. The fourth-order valence-electron chi connectivity index (χ4n) is 8.57. The Balaban J connectivity index is 4.23. The second kappa shape index (κ2) is 58.9. The van der Waals surface area contributed by atoms with Crippen LogP contribution in [0.4, 0.5) is 0 Å². The van der Waals surface area contributed by atoms with E-state index in [1.54, 1.807) is 0 Å². The number of carbonyl (C=O) groups excluding carboxylic acids is 2. The molecule has 5 nitrogen and oxygen atoms in total. The second-order valence-corrected chi connectivity index (χ2v) is 19.9. The second-order valence-electron chi connectivity index (χ2n) is 19.9. The molecule has 0 aromatic carbocycles. The lowest BCUT2D eigenvalue weighted by Gasteiger charge is -2.18. The summed E-state index contributed by atoms with van der Waals surface area (Å²) < 4.78 is 17.5. The van der Waals surface area contributed by atoms with E-state index in [0.29, 0.717) is 19.4 Å². The number of ether oxygens (including phenoxy) is 3. The zero-order valence-corrected chi connectivity index (χ0v) is 45.6. The summed E-state index contributed by atoms with van der Waals surface area (Å²) in [6.45, 7) is 7.71. The van der Waals surface area contributed by atoms with E-state index >= 15 is 0 Å². The normalized spacial score (nSPS) is 12.6. The van der Waals surface area contributed by atoms with Crippen molar-refractivity contribution in [1.82, 2.24) is 0 Å². The van der Waals surface area contributed by atoms with Crippen LogP contribution in [-0.4, -0.2) is 37.9 Å². The molecule has 0 saturated heterocycles. The molecule has 0 heterocycles. The minimum atomic E-state index is -0.554. The largest absolute Gasteiger partial charge is 0.462 e. The molecule has 396 valence electrons. The average molecular weight is 952 g/mol. The van der Waals surface area contributed by atoms with E-state index in [1.807, 2.05) is 0 Å². The number of hydrogen-bond donors (Lipinski definition) is 0. The van der Waals surface area contributed by atoms with Gasteiger partial charge in [0.25, 0.3) is 0 Å². The molecule has 0 rings (SSSR count). The highest BCUT2D eigenvalue weighted by molar-refractivity contribution is 5.70. The van der Waals surface area contributed by atoms with Crippen LogP contribution in [0.1, 0.15) is 303 Å². The summed E-state index contributed by atoms with van der Waals surface area (Å²) in [6.07, 6.45) is 75.4. The van der Waals surface area contributed by atoms with Crippen molar-refractivity contribution in [3.63, 3.8) is 0 Å². The lowest BCUT2D eigenvalue weighted by Crippen LogP contribution is -2.30. The van der Waals surface area contributed by atoms with Crippen molar-refractivity contribution in [1.29, 1.82) is 0 Å². The lowest BCUT2D eigenvalue weighted by atomic mass is 10.1. The number of esters is 2. The Labute approximate surface area is 424 Å². The molecule has 0 aliphatic heterocycles. The minimum absolute atomic E-state index is 0.0730. The highest BCUT2D eigenvalue weighted by atomic mass is 16.6. The fraction of sp³-hybridized carbons (Fsp3) is 0.810. The van der Waals surface area contributed by atoms with E-state index < -0.39 is 6.10 Å². The predicted octanol–water partition coefficient (Wildman–Crippen LogP) is 20.5. The Kier molecular flexibility index (Phi) is 56.8. The molecule has 0 fully saturated rings. The summed E-state index contributed by atoms with van der Waals surface area (Å²) in [5.74, 6) is -0.422. The number of rotatable bonds is 55. The molecular weight excluding hydrogens is 837 g/mol. The fourth-order valence-corrected chi connectivity index (χ4v) is 8.57. The molecule has 0 N–H and O–H groups in total. The number of unbranched alkanes of at least 4 members (excludes halogenated alkanes) is 34. The Bertz CT molecular complexity index is 1170. The summed E-state index contributed by atoms with van der Waals surface area (Å²) in [5.41, 5.74) is 0. The van der Waals surface area contributed by atoms with Gasteiger partial charge in [0, 0.05) is 19.4 Å². The SMILES string of the molecule is CC/C=C\C/C=C\C/C=C\CCCCCC(=O)OC(COCCCCCCCCCCCC/C=C\CCCCCCCC)COC(=O)CCCCCCCCCCC/C=C\CCCCCCCC. The zero-order valence-electron chi connectivity index (χ0n) is 45.6. The molecule has 0 radical (unpaired) electrons. The predicted molar refractivity (Wildman–Crippen MR) is 298 cm³/mol. The van der Waals surface area contributed by atoms with Gasteiger partial charge in [0.05, 0.1) is 6.61 Å². The van der Waals surface area contributed by atoms with Gasteiger partial charge in [-0.25, -0.2) is 0 Å². The maximum atomic E-state index is 12.8. The Hall–Kier alpha value is -2.40. The first-order valence-electron chi connectivity index (χ1n) is 29.8. The van der Waals surface area contributed by atoms with Gasteiger partial charge in [-0.2, -0.15) is 0 Å². The van der Waals surface area contributed by atoms with Crippen LogP contribution in [0.3, 0.4) is 0 Å². The van der Waals surface area contributed by atoms with E-state index in [0.717, 1.165) is 70.6 Å². The summed E-state index contributed by atoms with van der Waals surface area (Å²) in [4.78, 5) is 25.5. The van der Waals surface area contributed by atoms with Gasteiger partial charge in [-0.3, -0.25) is 9.59 Å². The van der Waals surface area contributed by atoms with E-state index in [1.165, 1.54) is 199 Å². The third-order valence-electron chi connectivity index (χ3n) is 13.0. The Morgan fingerprint density at radius 3 is 1.09 bits per heavy atom. The van der Waals surface area contributed by atoms with Gasteiger partial charge in [-0.1, -0.05) is 248 Å². The van der Waals surface area contributed by atoms with Gasteiger partial charge in [-0.05, 0) is 103 Å². The Morgan fingerprint density at radius 1 is 0.338 bits per heavy atom. The van der Waals surface area contributed by atoms with Crippen LogP contribution in [0.25, 0.3) is 0 Å². The van der Waals surface area contributed by atoms with Crippen LogP contribution in [0.2, 0.25) is 0 Å². The van der Waals surface area contributed by atoms with Crippen molar-refractivity contribution < 1.29 is 23.8 Å². The molecule has 1 atom stereocenters. The van der Waals surface area contributed by atoms with Crippen molar-refractivity contribution in [2.24, 2.45) is 0 Å². The number of allylic oxidation sites excluding steroid dienone is 10. The summed E-state index contributed by atoms with van der Waals surface area (Å²) in [5, 5.41) is 0. The van der Waals surface area contributed by atoms with Gasteiger partial charge in [0.2, 0.25) is 0 Å². The van der Waals surface area contributed by atoms with Gasteiger partial charge in [-0.15, -0.1) is 0 Å². The van der Waals surface area contributed by atoms with E-state index in [9.17, 15) is 9.59 Å². The molecule has 0 aromatic rings. The maximum Gasteiger partial charge on any atom is 0.306 e. The van der Waals surface area contributed by atoms with Crippen molar-refractivity contribution in [2.45, 2.75) is 309 Å². The van der Waals surface area contributed by atoms with E-state index in [2.05, 4.69) is 81.5 Å². The van der Waals surface area contributed by atoms with Crippen molar-refractivity contribution in [3.05, 3.63) is 60.8 Å². The molecular formula is C63H114O5. The Morgan fingerprint density at radius 2 is 0.662 bits per heavy atom. The van der Waals surface area contributed by atoms with Crippen molar-refractivity contribution in [3.8, 4) is 0 Å². The van der Waals surface area contributed by atoms with Crippen molar-refractivity contribution >= 4 is 11.9 Å². The summed E-state index contributed by atoms with van der Waals surface area (Å²) >= 11 is 0. The third kappa shape index (κ3) is 56.2. The smallest absolute Gasteiger partial charge is 0.306 e. The number of hydrogen-bond acceptors (Lipinski definition) is 5. The van der Waals surface area contributed by atoms with Gasteiger partial charge in [0.1, 0.15) is 6.61 Å². The lowest BCUT2D eigenvalue weighted by molar-refractivity contribution is -0.163. The van der Waals surface area contributed by atoms with Crippen molar-refractivity contribution in [2.75, 3.05) is 19.8 Å². The summed E-state index contributed by atoms with van der Waals surface area (Å²) in [6, 6.07) is 0. The summed E-state index contributed by atoms with van der Waals surface area (Å²) in [7, 11) is 0. The highest BCUT2D eigenvalue weighted by Gasteiger charge is 2.17. The first-order chi connectivity index (χ1) is 33.6. The van der Waals surface area contributed by atoms with Crippen LogP contribution in [0, 0.1) is 0 Å². The molecule has 0 spiro atoms. The molecule has 0 aliphatic rings. The van der Waals surface area contributed by atoms with E-state index in [4.69, 9.17) is 14.2 Å². The molecule has 0 amide bonds. The third-order valence-corrected chi connectivity index (χ3v) is 13.0. The monoisotopic (exact) mass is 951 g/mol. The molecule has 0 aromatic heterocycles. The molecule has 68 heavy (non-hydrogen) atoms. The van der Waals surface area contributed by atoms with Crippen LogP contribution in [0.5, 0.6) is 0 Å². The van der Waals surface area contributed by atoms with Crippen LogP contribution >= 0.6 is 0 Å². The van der Waals surface area contributed by atoms with Crippen LogP contribution < -0.4 is 0 Å². The molecule has 5 heteroatoms. The average Bonchev–Trinajstić information content (AvgIpc) is 3.34. The van der Waals surface area contributed by atoms with Gasteiger partial charge < -0.3 is 14.2 Å². The first kappa shape index (κ1) is 65.6. The molecule has 0 aliphatic carbocycles. The van der Waals surface area contributed by atoms with Crippen LogP contribution in [0.15, 0.2) is 60.8 Å². The highest BCUT2D eigenvalue weighted by Crippen LogP contribution is 2.16. The molecule has 1 unspecified atom stereocenters. The molecule has 0 saturated carbocycles. The van der Waals surface area contributed by atoms with Gasteiger partial charge >= 0.3 is 11.9 Å². The quantitative estimate of drug-likeness (QED) is 0.0345. The van der Waals surface area contributed by atoms with Crippen LogP contribution in [-0.2, 0) is 23.8 Å². The standard InChI is InChI=1S/C63H114O5/c1-4-7-10-13-16-19-22-25-27-29-31-33-35-37-40-43-46-49-52-55-58-66-59-61(68-63(65)57-54-51-48-45-42-38-24-21-18-15-12-9-6-3)60-67-62(64)56-53-50-47-44-41-39-36-34-32-30-28-26-23-20-17-14-11-8-5-2/h9,12,18,21,25-28,38,42,61H,4-8,10-11,13-17,19-20,22-24,29-37,39-41,43-60H2,1-3H3/b12-9-,21-18-,27-25-,28-26-,42-38-. The topological polar surface area (TPSA) is 61.8 Å². The molecule has 0 bridgehead atoms. The van der Waals surface area contributed by atoms with E-state index in [-0.39, 0.29) is 25.2 Å². The number of carbonyl (C=O) groups is 2. The zero-order chi connectivity index (χ0) is 49.2. The first-order valence-corrected chi connectivity index (χ1v) is 29.8. The van der Waals surface area contributed by atoms with Gasteiger partial charge in [0.15, 0.2) is 6.10 Å².